The van der Waals surface area contributed by atoms with Crippen molar-refractivity contribution in [2.75, 3.05) is 11.9 Å². The van der Waals surface area contributed by atoms with E-state index < -0.39 is 0 Å². The molecule has 5 heteroatoms. The van der Waals surface area contributed by atoms with Gasteiger partial charge in [-0.15, -0.1) is 0 Å². The summed E-state index contributed by atoms with van der Waals surface area (Å²) in [4.78, 5) is 16.5. The Labute approximate surface area is 158 Å². The van der Waals surface area contributed by atoms with E-state index in [2.05, 4.69) is 33.8 Å². The fraction of sp³-hybridized carbons (Fsp3) is 0.182. The fourth-order valence-corrected chi connectivity index (χ4v) is 2.72. The van der Waals surface area contributed by atoms with Crippen molar-refractivity contribution < 1.29 is 9.18 Å². The van der Waals surface area contributed by atoms with Crippen LogP contribution in [0.4, 0.5) is 15.8 Å². The van der Waals surface area contributed by atoms with Gasteiger partial charge in [0.2, 0.25) is 0 Å². The van der Waals surface area contributed by atoms with E-state index in [0.717, 1.165) is 28.1 Å². The Hall–Kier alpha value is -3.21. The highest BCUT2D eigenvalue weighted by atomic mass is 19.1. The maximum atomic E-state index is 12.9. The second kappa shape index (κ2) is 8.45. The lowest BCUT2D eigenvalue weighted by atomic mass is 10.1. The average molecular weight is 363 g/mol. The van der Waals surface area contributed by atoms with Gasteiger partial charge in [-0.05, 0) is 67.3 Å². The van der Waals surface area contributed by atoms with E-state index in [1.54, 1.807) is 24.4 Å². The molecule has 0 bridgehead atoms. The quantitative estimate of drug-likeness (QED) is 0.675. The molecule has 0 fully saturated rings. The van der Waals surface area contributed by atoms with E-state index in [9.17, 15) is 9.18 Å². The minimum Gasteiger partial charge on any atom is -0.355 e. The Kier molecular flexibility index (Phi) is 5.81. The molecule has 3 rings (SSSR count). The van der Waals surface area contributed by atoms with Gasteiger partial charge in [0.1, 0.15) is 11.5 Å². The summed E-state index contributed by atoms with van der Waals surface area (Å²) in [5.41, 5.74) is 5.42. The maximum Gasteiger partial charge on any atom is 0.269 e. The first-order valence-corrected chi connectivity index (χ1v) is 8.84. The van der Waals surface area contributed by atoms with Crippen molar-refractivity contribution in [1.29, 1.82) is 0 Å². The molecule has 1 heterocycles. The molecule has 1 amide bonds. The Balaban J connectivity index is 1.61. The fourth-order valence-electron chi connectivity index (χ4n) is 2.72. The normalized spacial score (nSPS) is 10.5. The van der Waals surface area contributed by atoms with Crippen LogP contribution in [0.15, 0.2) is 60.8 Å². The molecule has 3 aromatic rings. The third-order valence-corrected chi connectivity index (χ3v) is 4.28. The number of carbonyl (C=O) groups is 1. The molecule has 0 aliphatic carbocycles. The molecule has 138 valence electrons. The van der Waals surface area contributed by atoms with Gasteiger partial charge in [0.15, 0.2) is 0 Å². The van der Waals surface area contributed by atoms with Crippen molar-refractivity contribution in [3.63, 3.8) is 0 Å². The number of nitrogens with one attached hydrogen (secondary N) is 2. The first-order valence-electron chi connectivity index (χ1n) is 8.84. The zero-order valence-electron chi connectivity index (χ0n) is 15.4. The van der Waals surface area contributed by atoms with Crippen molar-refractivity contribution in [2.45, 2.75) is 20.3 Å². The summed E-state index contributed by atoms with van der Waals surface area (Å²) in [5.74, 6) is -0.498. The van der Waals surface area contributed by atoms with Crippen LogP contribution in [-0.4, -0.2) is 17.4 Å². The molecule has 0 aliphatic rings. The third-order valence-electron chi connectivity index (χ3n) is 4.28. The van der Waals surface area contributed by atoms with Gasteiger partial charge in [0, 0.05) is 24.1 Å². The van der Waals surface area contributed by atoms with E-state index in [1.807, 2.05) is 19.9 Å². The average Bonchev–Trinajstić information content (AvgIpc) is 2.66. The van der Waals surface area contributed by atoms with Gasteiger partial charge >= 0.3 is 0 Å². The van der Waals surface area contributed by atoms with Gasteiger partial charge < -0.3 is 10.6 Å². The first-order chi connectivity index (χ1) is 13.0. The van der Waals surface area contributed by atoms with Crippen molar-refractivity contribution in [1.82, 2.24) is 10.3 Å². The van der Waals surface area contributed by atoms with E-state index in [0.29, 0.717) is 18.7 Å². The van der Waals surface area contributed by atoms with Gasteiger partial charge in [0.25, 0.3) is 5.91 Å². The Morgan fingerprint density at radius 3 is 2.59 bits per heavy atom. The first kappa shape index (κ1) is 18.6. The second-order valence-corrected chi connectivity index (χ2v) is 6.51. The lowest BCUT2D eigenvalue weighted by molar-refractivity contribution is 0.0949. The molecule has 4 nitrogen and oxygen atoms in total. The molecule has 2 aromatic carbocycles. The molecular weight excluding hydrogens is 341 g/mol. The van der Waals surface area contributed by atoms with Crippen LogP contribution in [0.1, 0.15) is 27.2 Å². The van der Waals surface area contributed by atoms with Crippen LogP contribution in [0.3, 0.4) is 0 Å². The zero-order valence-corrected chi connectivity index (χ0v) is 15.4. The highest BCUT2D eigenvalue weighted by molar-refractivity contribution is 5.93. The second-order valence-electron chi connectivity index (χ2n) is 6.51. The summed E-state index contributed by atoms with van der Waals surface area (Å²) in [6.45, 7) is 4.53. The lowest BCUT2D eigenvalue weighted by Crippen LogP contribution is -2.26. The third kappa shape index (κ3) is 5.14. The van der Waals surface area contributed by atoms with Crippen molar-refractivity contribution in [3.8, 4) is 0 Å². The molecular formula is C22H22FN3O. The molecule has 0 unspecified atom stereocenters. The molecule has 0 radical (unpaired) electrons. The Morgan fingerprint density at radius 1 is 1.04 bits per heavy atom. The molecule has 0 aliphatic heterocycles. The summed E-state index contributed by atoms with van der Waals surface area (Å²) in [6, 6.07) is 16.0. The van der Waals surface area contributed by atoms with Gasteiger partial charge in [-0.1, -0.05) is 24.3 Å². The van der Waals surface area contributed by atoms with E-state index in [-0.39, 0.29) is 11.7 Å². The number of benzene rings is 2. The number of carbonyl (C=O) groups excluding carboxylic acids is 1. The van der Waals surface area contributed by atoms with Crippen molar-refractivity contribution in [2.24, 2.45) is 0 Å². The summed E-state index contributed by atoms with van der Waals surface area (Å²) >= 11 is 0. The minimum atomic E-state index is -0.264. The highest BCUT2D eigenvalue weighted by Crippen LogP contribution is 2.21. The van der Waals surface area contributed by atoms with E-state index >= 15 is 0 Å². The molecule has 2 N–H and O–H groups in total. The number of anilines is 2. The minimum absolute atomic E-state index is 0.235. The van der Waals surface area contributed by atoms with Gasteiger partial charge in [-0.2, -0.15) is 0 Å². The van der Waals surface area contributed by atoms with Crippen molar-refractivity contribution in [3.05, 3.63) is 89.0 Å². The number of pyridine rings is 1. The number of nitrogens with zero attached hydrogens (tertiary/aromatic N) is 1. The number of amides is 1. The number of hydrogen-bond acceptors (Lipinski definition) is 3. The molecule has 0 saturated carbocycles. The largest absolute Gasteiger partial charge is 0.355 e. The lowest BCUT2D eigenvalue weighted by Gasteiger charge is -2.11. The van der Waals surface area contributed by atoms with Crippen LogP contribution < -0.4 is 10.6 Å². The summed E-state index contributed by atoms with van der Waals surface area (Å²) in [5, 5.41) is 6.19. The number of halogens is 1. The number of rotatable bonds is 6. The highest BCUT2D eigenvalue weighted by Gasteiger charge is 2.08. The predicted molar refractivity (Wildman–Crippen MR) is 106 cm³/mol. The van der Waals surface area contributed by atoms with Crippen LogP contribution in [0, 0.1) is 19.7 Å². The van der Waals surface area contributed by atoms with Gasteiger partial charge in [-0.3, -0.25) is 9.78 Å². The van der Waals surface area contributed by atoms with Gasteiger partial charge in [0.05, 0.1) is 0 Å². The van der Waals surface area contributed by atoms with Crippen LogP contribution in [0.25, 0.3) is 0 Å². The van der Waals surface area contributed by atoms with Crippen LogP contribution in [0.5, 0.6) is 0 Å². The monoisotopic (exact) mass is 363 g/mol. The van der Waals surface area contributed by atoms with Gasteiger partial charge in [-0.25, -0.2) is 4.39 Å². The smallest absolute Gasteiger partial charge is 0.269 e. The van der Waals surface area contributed by atoms with Crippen molar-refractivity contribution >= 4 is 17.3 Å². The summed E-state index contributed by atoms with van der Waals surface area (Å²) < 4.78 is 12.9. The molecule has 0 spiro atoms. The topological polar surface area (TPSA) is 54.0 Å². The van der Waals surface area contributed by atoms with Crippen LogP contribution in [-0.2, 0) is 6.42 Å². The summed E-state index contributed by atoms with van der Waals surface area (Å²) in [6.07, 6.45) is 2.24. The number of aryl methyl sites for hydroxylation is 2. The molecule has 0 atom stereocenters. The Morgan fingerprint density at radius 2 is 1.81 bits per heavy atom. The van der Waals surface area contributed by atoms with E-state index in [4.69, 9.17) is 0 Å². The maximum absolute atomic E-state index is 12.9. The molecule has 1 aromatic heterocycles. The zero-order chi connectivity index (χ0) is 19.2. The number of aromatic nitrogens is 1. The Bertz CT molecular complexity index is 939. The summed E-state index contributed by atoms with van der Waals surface area (Å²) in [7, 11) is 0. The van der Waals surface area contributed by atoms with Crippen LogP contribution >= 0.6 is 0 Å². The molecule has 27 heavy (non-hydrogen) atoms. The molecule has 0 saturated heterocycles. The standard InChI is InChI=1S/C22H22FN3O/c1-15-3-4-16(2)20(13-15)26-19-10-12-24-21(14-19)22(27)25-11-9-17-5-7-18(23)8-6-17/h3-8,10,12-14H,9,11H2,1-2H3,(H,24,26)(H,25,27). The van der Waals surface area contributed by atoms with E-state index in [1.165, 1.54) is 12.1 Å². The van der Waals surface area contributed by atoms with Crippen LogP contribution in [0.2, 0.25) is 0 Å². The predicted octanol–water partition coefficient (Wildman–Crippen LogP) is 4.55. The SMILES string of the molecule is Cc1ccc(C)c(Nc2ccnc(C(=O)NCCc3ccc(F)cc3)c2)c1. The number of hydrogen-bond donors (Lipinski definition) is 2.